The van der Waals surface area contributed by atoms with Crippen molar-refractivity contribution in [3.05, 3.63) is 53.9 Å². The number of carbonyl (C=O) groups excluding carboxylic acids is 1. The molecule has 32 heavy (non-hydrogen) atoms. The fourth-order valence-electron chi connectivity index (χ4n) is 3.77. The predicted molar refractivity (Wildman–Crippen MR) is 122 cm³/mol. The minimum absolute atomic E-state index is 0.00698. The summed E-state index contributed by atoms with van der Waals surface area (Å²) >= 11 is 0.845. The van der Waals surface area contributed by atoms with Crippen molar-refractivity contribution in [1.29, 1.82) is 0 Å². The van der Waals surface area contributed by atoms with E-state index in [1.807, 2.05) is 0 Å². The Morgan fingerprint density at radius 1 is 1.34 bits per heavy atom. The Bertz CT molecular complexity index is 1170. The van der Waals surface area contributed by atoms with Crippen LogP contribution < -0.4 is 21.7 Å². The van der Waals surface area contributed by atoms with Gasteiger partial charge >= 0.3 is 0 Å². The molecule has 0 radical (unpaired) electrons. The van der Waals surface area contributed by atoms with Crippen LogP contribution in [-0.4, -0.2) is 39.8 Å². The SMILES string of the molecule is C=C1C[C@@H](N)CCN(c2c(NC(=O)c3nc(-c4c(F)cccc4F)sc3N)cnn2C)C1. The summed E-state index contributed by atoms with van der Waals surface area (Å²) in [5.74, 6) is -1.45. The molecule has 1 atom stereocenters. The van der Waals surface area contributed by atoms with Crippen LogP contribution in [0.3, 0.4) is 0 Å². The first-order valence-corrected chi connectivity index (χ1v) is 10.8. The van der Waals surface area contributed by atoms with Crippen LogP contribution in [0.2, 0.25) is 0 Å². The Morgan fingerprint density at radius 3 is 2.78 bits per heavy atom. The Balaban J connectivity index is 1.61. The van der Waals surface area contributed by atoms with Gasteiger partial charge in [-0.15, -0.1) is 0 Å². The van der Waals surface area contributed by atoms with E-state index in [0.29, 0.717) is 24.6 Å². The summed E-state index contributed by atoms with van der Waals surface area (Å²) in [5, 5.41) is 7.09. The highest BCUT2D eigenvalue weighted by Gasteiger charge is 2.25. The fourth-order valence-corrected chi connectivity index (χ4v) is 4.65. The lowest BCUT2D eigenvalue weighted by molar-refractivity contribution is 0.102. The van der Waals surface area contributed by atoms with E-state index in [0.717, 1.165) is 41.9 Å². The van der Waals surface area contributed by atoms with Gasteiger partial charge in [0, 0.05) is 26.2 Å². The molecule has 1 amide bonds. The number of amides is 1. The van der Waals surface area contributed by atoms with Crippen LogP contribution in [0.1, 0.15) is 23.3 Å². The van der Waals surface area contributed by atoms with Gasteiger partial charge in [0.1, 0.15) is 27.3 Å². The zero-order chi connectivity index (χ0) is 23.0. The molecule has 1 aromatic carbocycles. The first-order chi connectivity index (χ1) is 15.2. The van der Waals surface area contributed by atoms with E-state index in [2.05, 4.69) is 26.9 Å². The smallest absolute Gasteiger partial charge is 0.277 e. The van der Waals surface area contributed by atoms with Crippen LogP contribution in [0.5, 0.6) is 0 Å². The summed E-state index contributed by atoms with van der Waals surface area (Å²) in [6, 6.07) is 3.54. The highest BCUT2D eigenvalue weighted by molar-refractivity contribution is 7.19. The minimum atomic E-state index is -0.778. The van der Waals surface area contributed by atoms with Crippen LogP contribution in [-0.2, 0) is 7.05 Å². The van der Waals surface area contributed by atoms with E-state index in [4.69, 9.17) is 11.5 Å². The molecule has 8 nitrogen and oxygen atoms in total. The Morgan fingerprint density at radius 2 is 2.06 bits per heavy atom. The highest BCUT2D eigenvalue weighted by atomic mass is 32.1. The Kier molecular flexibility index (Phi) is 5.94. The number of hydrogen-bond acceptors (Lipinski definition) is 7. The second kappa shape index (κ2) is 8.67. The number of thiazole rings is 1. The van der Waals surface area contributed by atoms with Crippen molar-refractivity contribution in [2.75, 3.05) is 29.0 Å². The lowest BCUT2D eigenvalue weighted by Crippen LogP contribution is -2.29. The van der Waals surface area contributed by atoms with Crippen molar-refractivity contribution in [3.8, 4) is 10.6 Å². The van der Waals surface area contributed by atoms with E-state index in [-0.39, 0.29) is 27.3 Å². The molecular weight excluding hydrogens is 436 g/mol. The number of benzene rings is 1. The van der Waals surface area contributed by atoms with Gasteiger partial charge in [0.15, 0.2) is 11.5 Å². The number of halogens is 2. The molecule has 1 fully saturated rings. The highest BCUT2D eigenvalue weighted by Crippen LogP contribution is 2.34. The third kappa shape index (κ3) is 4.21. The molecule has 1 saturated heterocycles. The first-order valence-electron chi connectivity index (χ1n) is 9.95. The first kappa shape index (κ1) is 21.9. The van der Waals surface area contributed by atoms with E-state index < -0.39 is 17.5 Å². The van der Waals surface area contributed by atoms with Crippen molar-refractivity contribution < 1.29 is 13.6 Å². The maximum absolute atomic E-state index is 14.1. The summed E-state index contributed by atoms with van der Waals surface area (Å²) in [5.41, 5.74) is 13.1. The number of nitrogens with zero attached hydrogens (tertiary/aromatic N) is 4. The maximum Gasteiger partial charge on any atom is 0.277 e. The van der Waals surface area contributed by atoms with Gasteiger partial charge in [0.25, 0.3) is 5.91 Å². The van der Waals surface area contributed by atoms with Crippen LogP contribution in [0.25, 0.3) is 10.6 Å². The molecule has 3 aromatic rings. The number of rotatable bonds is 4. The molecule has 2 aromatic heterocycles. The molecule has 3 heterocycles. The standard InChI is InChI=1S/C21H23F2N7OS/c1-11-8-12(24)6-7-30(10-11)21-15(9-26-29(21)2)27-19(31)17-18(25)32-20(28-17)16-13(22)4-3-5-14(16)23/h3-5,9,12H,1,6-8,10,24-25H2,2H3,(H,27,31)/t12-/m0/s1. The number of anilines is 3. The second-order valence-corrected chi connectivity index (χ2v) is 8.74. The Labute approximate surface area is 187 Å². The number of nitrogens with two attached hydrogens (primary N) is 2. The topological polar surface area (TPSA) is 115 Å². The van der Waals surface area contributed by atoms with E-state index in [1.54, 1.807) is 11.7 Å². The zero-order valence-corrected chi connectivity index (χ0v) is 18.3. The van der Waals surface area contributed by atoms with E-state index in [9.17, 15) is 13.6 Å². The normalized spacial score (nSPS) is 16.8. The van der Waals surface area contributed by atoms with Gasteiger partial charge in [-0.3, -0.25) is 9.48 Å². The summed E-state index contributed by atoms with van der Waals surface area (Å²) in [4.78, 5) is 19.1. The third-order valence-electron chi connectivity index (χ3n) is 5.24. The summed E-state index contributed by atoms with van der Waals surface area (Å²) < 4.78 is 29.9. The lowest BCUT2D eigenvalue weighted by Gasteiger charge is -2.24. The van der Waals surface area contributed by atoms with Crippen molar-refractivity contribution in [1.82, 2.24) is 14.8 Å². The lowest BCUT2D eigenvalue weighted by atomic mass is 10.1. The molecule has 1 aliphatic heterocycles. The van der Waals surface area contributed by atoms with Crippen LogP contribution in [0.4, 0.5) is 25.3 Å². The molecule has 0 saturated carbocycles. The number of carbonyl (C=O) groups is 1. The summed E-state index contributed by atoms with van der Waals surface area (Å²) in [6.07, 6.45) is 3.04. The molecule has 11 heteroatoms. The number of aromatic nitrogens is 3. The number of nitrogens with one attached hydrogen (secondary N) is 1. The van der Waals surface area contributed by atoms with Crippen molar-refractivity contribution >= 4 is 33.8 Å². The second-order valence-electron chi connectivity index (χ2n) is 7.71. The third-order valence-corrected chi connectivity index (χ3v) is 6.14. The maximum atomic E-state index is 14.1. The number of aryl methyl sites for hydroxylation is 1. The average Bonchev–Trinajstić information content (AvgIpc) is 3.22. The largest absolute Gasteiger partial charge is 0.389 e. The molecule has 0 aliphatic carbocycles. The van der Waals surface area contributed by atoms with Crippen LogP contribution in [0, 0.1) is 11.6 Å². The van der Waals surface area contributed by atoms with E-state index in [1.165, 1.54) is 12.3 Å². The minimum Gasteiger partial charge on any atom is -0.389 e. The van der Waals surface area contributed by atoms with Gasteiger partial charge in [-0.05, 0) is 25.0 Å². The molecule has 4 rings (SSSR count). The molecule has 0 spiro atoms. The zero-order valence-electron chi connectivity index (χ0n) is 17.4. The van der Waals surface area contributed by atoms with Crippen molar-refractivity contribution in [2.45, 2.75) is 18.9 Å². The van der Waals surface area contributed by atoms with Gasteiger partial charge in [-0.1, -0.05) is 29.6 Å². The fraction of sp³-hybridized carbons (Fsp3) is 0.286. The molecular formula is C21H23F2N7OS. The van der Waals surface area contributed by atoms with Gasteiger partial charge in [0.2, 0.25) is 0 Å². The monoisotopic (exact) mass is 459 g/mol. The molecule has 5 N–H and O–H groups in total. The molecule has 0 bridgehead atoms. The predicted octanol–water partition coefficient (Wildman–Crippen LogP) is 3.14. The van der Waals surface area contributed by atoms with Gasteiger partial charge in [0.05, 0.1) is 11.8 Å². The van der Waals surface area contributed by atoms with Crippen LogP contribution >= 0.6 is 11.3 Å². The number of hydrogen-bond donors (Lipinski definition) is 3. The van der Waals surface area contributed by atoms with Gasteiger partial charge in [-0.2, -0.15) is 5.10 Å². The summed E-state index contributed by atoms with van der Waals surface area (Å²) in [7, 11) is 1.77. The van der Waals surface area contributed by atoms with Crippen LogP contribution in [0.15, 0.2) is 36.5 Å². The van der Waals surface area contributed by atoms with Gasteiger partial charge < -0.3 is 21.7 Å². The van der Waals surface area contributed by atoms with E-state index >= 15 is 0 Å². The van der Waals surface area contributed by atoms with Crippen molar-refractivity contribution in [2.24, 2.45) is 12.8 Å². The quantitative estimate of drug-likeness (QED) is 0.517. The molecule has 168 valence electrons. The summed E-state index contributed by atoms with van der Waals surface area (Å²) in [6.45, 7) is 5.35. The molecule has 1 aliphatic rings. The van der Waals surface area contributed by atoms with Crippen molar-refractivity contribution in [3.63, 3.8) is 0 Å². The number of nitrogen functional groups attached to an aromatic ring is 1. The average molecular weight is 460 g/mol. The molecule has 0 unspecified atom stereocenters. The van der Waals surface area contributed by atoms with Gasteiger partial charge in [-0.25, -0.2) is 13.8 Å². The Hall–Kier alpha value is -3.31.